The van der Waals surface area contributed by atoms with Crippen molar-refractivity contribution in [3.63, 3.8) is 0 Å². The van der Waals surface area contributed by atoms with Crippen LogP contribution in [0.25, 0.3) is 0 Å². The van der Waals surface area contributed by atoms with Gasteiger partial charge >= 0.3 is 5.97 Å². The van der Waals surface area contributed by atoms with Crippen LogP contribution < -0.4 is 4.74 Å². The molecule has 0 spiro atoms. The second kappa shape index (κ2) is 7.33. The summed E-state index contributed by atoms with van der Waals surface area (Å²) in [6, 6.07) is 7.73. The molecule has 0 radical (unpaired) electrons. The maximum Gasteiger partial charge on any atom is 0.320 e. The van der Waals surface area contributed by atoms with Crippen LogP contribution in [0.3, 0.4) is 0 Å². The van der Waals surface area contributed by atoms with E-state index < -0.39 is 0 Å². The Bertz CT molecular complexity index is 348. The molecule has 17 heavy (non-hydrogen) atoms. The summed E-state index contributed by atoms with van der Waals surface area (Å²) in [5.41, 5.74) is 1.07. The molecule has 1 rings (SSSR count). The zero-order chi connectivity index (χ0) is 12.7. The van der Waals surface area contributed by atoms with Crippen LogP contribution in [-0.4, -0.2) is 24.0 Å². The number of hydrogen-bond acceptors (Lipinski definition) is 3. The molecule has 1 aromatic carbocycles. The van der Waals surface area contributed by atoms with E-state index in [9.17, 15) is 4.79 Å². The van der Waals surface area contributed by atoms with E-state index in [0.717, 1.165) is 11.3 Å². The van der Waals surface area contributed by atoms with Crippen LogP contribution >= 0.6 is 15.9 Å². The molecule has 0 aliphatic carbocycles. The number of benzene rings is 1. The topological polar surface area (TPSA) is 35.5 Å². The highest BCUT2D eigenvalue weighted by Gasteiger charge is 2.16. The average molecular weight is 301 g/mol. The molecular formula is C13H17BrO3. The fraction of sp³-hybridized carbons (Fsp3) is 0.462. The molecule has 0 saturated carbocycles. The van der Waals surface area contributed by atoms with E-state index in [-0.39, 0.29) is 10.8 Å². The SMILES string of the molecule is CCOC(=O)C(Br)Cc1ccc(OCC)cc1. The lowest BCUT2D eigenvalue weighted by atomic mass is 10.1. The third-order valence-corrected chi connectivity index (χ3v) is 2.89. The normalized spacial score (nSPS) is 11.9. The predicted octanol–water partition coefficient (Wildman–Crippen LogP) is 2.95. The molecule has 0 heterocycles. The molecule has 3 nitrogen and oxygen atoms in total. The van der Waals surface area contributed by atoms with Gasteiger partial charge in [0.15, 0.2) is 0 Å². The van der Waals surface area contributed by atoms with Gasteiger partial charge in [-0.3, -0.25) is 4.79 Å². The number of carbonyl (C=O) groups excluding carboxylic acids is 1. The molecule has 1 atom stereocenters. The van der Waals surface area contributed by atoms with E-state index in [1.165, 1.54) is 0 Å². The smallest absolute Gasteiger partial charge is 0.320 e. The summed E-state index contributed by atoms with van der Waals surface area (Å²) in [6.07, 6.45) is 0.616. The Kier molecular flexibility index (Phi) is 6.05. The van der Waals surface area contributed by atoms with Gasteiger partial charge in [-0.1, -0.05) is 28.1 Å². The number of rotatable bonds is 6. The Morgan fingerprint density at radius 2 is 1.88 bits per heavy atom. The van der Waals surface area contributed by atoms with Gasteiger partial charge in [0.25, 0.3) is 0 Å². The monoisotopic (exact) mass is 300 g/mol. The van der Waals surface area contributed by atoms with Crippen LogP contribution in [0, 0.1) is 0 Å². The van der Waals surface area contributed by atoms with Crippen molar-refractivity contribution in [2.75, 3.05) is 13.2 Å². The third-order valence-electron chi connectivity index (χ3n) is 2.19. The molecule has 0 saturated heterocycles. The Labute approximate surface area is 110 Å². The van der Waals surface area contributed by atoms with Crippen molar-refractivity contribution in [2.24, 2.45) is 0 Å². The van der Waals surface area contributed by atoms with Gasteiger partial charge in [-0.25, -0.2) is 0 Å². The zero-order valence-corrected chi connectivity index (χ0v) is 11.7. The number of halogens is 1. The van der Waals surface area contributed by atoms with Gasteiger partial charge in [0.1, 0.15) is 10.6 Å². The molecule has 0 aromatic heterocycles. The zero-order valence-electron chi connectivity index (χ0n) is 10.1. The standard InChI is InChI=1S/C13H17BrO3/c1-3-16-11-7-5-10(6-8-11)9-12(14)13(15)17-4-2/h5-8,12H,3-4,9H2,1-2H3. The Balaban J connectivity index is 2.53. The first-order chi connectivity index (χ1) is 8.17. The van der Waals surface area contributed by atoms with Gasteiger partial charge < -0.3 is 9.47 Å². The summed E-state index contributed by atoms with van der Waals surface area (Å²) >= 11 is 3.32. The van der Waals surface area contributed by atoms with Crippen molar-refractivity contribution in [2.45, 2.75) is 25.1 Å². The molecule has 0 amide bonds. The fourth-order valence-electron chi connectivity index (χ4n) is 1.41. The van der Waals surface area contributed by atoms with Crippen molar-refractivity contribution < 1.29 is 14.3 Å². The highest BCUT2D eigenvalue weighted by Crippen LogP contribution is 2.16. The molecule has 94 valence electrons. The van der Waals surface area contributed by atoms with Crippen LogP contribution in [-0.2, 0) is 16.0 Å². The van der Waals surface area contributed by atoms with Crippen molar-refractivity contribution in [3.8, 4) is 5.75 Å². The molecule has 0 N–H and O–H groups in total. The molecule has 0 aliphatic rings. The van der Waals surface area contributed by atoms with Crippen LogP contribution in [0.4, 0.5) is 0 Å². The van der Waals surface area contributed by atoms with E-state index in [2.05, 4.69) is 15.9 Å². The summed E-state index contributed by atoms with van der Waals surface area (Å²) in [7, 11) is 0. The maximum absolute atomic E-state index is 11.4. The van der Waals surface area contributed by atoms with Crippen molar-refractivity contribution in [1.29, 1.82) is 0 Å². The van der Waals surface area contributed by atoms with Crippen molar-refractivity contribution in [3.05, 3.63) is 29.8 Å². The van der Waals surface area contributed by atoms with Crippen molar-refractivity contribution in [1.82, 2.24) is 0 Å². The molecule has 1 unspecified atom stereocenters. The molecule has 1 aromatic rings. The maximum atomic E-state index is 11.4. The molecular weight excluding hydrogens is 284 g/mol. The minimum Gasteiger partial charge on any atom is -0.494 e. The van der Waals surface area contributed by atoms with E-state index in [4.69, 9.17) is 9.47 Å². The first-order valence-electron chi connectivity index (χ1n) is 5.69. The molecule has 4 heteroatoms. The van der Waals surface area contributed by atoms with E-state index in [0.29, 0.717) is 19.6 Å². The summed E-state index contributed by atoms with van der Waals surface area (Å²) in [6.45, 7) is 4.81. The molecule has 0 bridgehead atoms. The highest BCUT2D eigenvalue weighted by atomic mass is 79.9. The summed E-state index contributed by atoms with van der Waals surface area (Å²) in [4.78, 5) is 11.1. The lowest BCUT2D eigenvalue weighted by molar-refractivity contribution is -0.142. The van der Waals surface area contributed by atoms with Gasteiger partial charge in [0, 0.05) is 0 Å². The van der Waals surface area contributed by atoms with Gasteiger partial charge in [-0.05, 0) is 38.0 Å². The Morgan fingerprint density at radius 3 is 2.41 bits per heavy atom. The van der Waals surface area contributed by atoms with Gasteiger partial charge in [-0.2, -0.15) is 0 Å². The Morgan fingerprint density at radius 1 is 1.24 bits per heavy atom. The third kappa shape index (κ3) is 4.77. The van der Waals surface area contributed by atoms with E-state index in [1.807, 2.05) is 31.2 Å². The number of carbonyl (C=O) groups is 1. The fourth-order valence-corrected chi connectivity index (χ4v) is 1.92. The second-order valence-corrected chi connectivity index (χ2v) is 4.61. The average Bonchev–Trinajstić information content (AvgIpc) is 2.32. The second-order valence-electron chi connectivity index (χ2n) is 3.50. The molecule has 0 fully saturated rings. The lowest BCUT2D eigenvalue weighted by Crippen LogP contribution is -2.19. The minimum atomic E-state index is -0.291. The quantitative estimate of drug-likeness (QED) is 0.598. The number of ether oxygens (including phenoxy) is 2. The number of esters is 1. The highest BCUT2D eigenvalue weighted by molar-refractivity contribution is 9.10. The van der Waals surface area contributed by atoms with Gasteiger partial charge in [-0.15, -0.1) is 0 Å². The van der Waals surface area contributed by atoms with E-state index in [1.54, 1.807) is 6.92 Å². The number of hydrogen-bond donors (Lipinski definition) is 0. The lowest BCUT2D eigenvalue weighted by Gasteiger charge is -2.09. The van der Waals surface area contributed by atoms with Gasteiger partial charge in [0.2, 0.25) is 0 Å². The summed E-state index contributed by atoms with van der Waals surface area (Å²) < 4.78 is 10.3. The Hall–Kier alpha value is -1.03. The van der Waals surface area contributed by atoms with Crippen LogP contribution in [0.2, 0.25) is 0 Å². The largest absolute Gasteiger partial charge is 0.494 e. The minimum absolute atomic E-state index is 0.221. The van der Waals surface area contributed by atoms with Crippen LogP contribution in [0.1, 0.15) is 19.4 Å². The van der Waals surface area contributed by atoms with Crippen molar-refractivity contribution >= 4 is 21.9 Å². The van der Waals surface area contributed by atoms with E-state index >= 15 is 0 Å². The van der Waals surface area contributed by atoms with Gasteiger partial charge in [0.05, 0.1) is 13.2 Å². The van der Waals surface area contributed by atoms with Crippen LogP contribution in [0.5, 0.6) is 5.75 Å². The summed E-state index contributed by atoms with van der Waals surface area (Å²) in [5.74, 6) is 0.625. The predicted molar refractivity (Wildman–Crippen MR) is 70.7 cm³/mol. The first kappa shape index (κ1) is 14.0. The molecule has 0 aliphatic heterocycles. The first-order valence-corrected chi connectivity index (χ1v) is 6.61. The number of alkyl halides is 1. The summed E-state index contributed by atoms with van der Waals surface area (Å²) in [5, 5.41) is 0. The van der Waals surface area contributed by atoms with Crippen LogP contribution in [0.15, 0.2) is 24.3 Å².